The van der Waals surface area contributed by atoms with Crippen LogP contribution in [-0.4, -0.2) is 52.2 Å². The first-order valence-corrected chi connectivity index (χ1v) is 7.75. The third-order valence-electron chi connectivity index (χ3n) is 4.73. The Bertz CT molecular complexity index is 256. The molecule has 2 saturated carbocycles. The van der Waals surface area contributed by atoms with E-state index in [1.54, 1.807) is 7.11 Å². The summed E-state index contributed by atoms with van der Waals surface area (Å²) < 4.78 is 16.3. The molecule has 4 heteroatoms. The second-order valence-electron chi connectivity index (χ2n) is 5.73. The summed E-state index contributed by atoms with van der Waals surface area (Å²) in [5, 5.41) is 3.70. The van der Waals surface area contributed by atoms with Crippen molar-refractivity contribution < 1.29 is 14.2 Å². The average molecular weight is 271 g/mol. The highest BCUT2D eigenvalue weighted by atomic mass is 16.5. The zero-order valence-electron chi connectivity index (χ0n) is 12.5. The molecule has 0 aliphatic heterocycles. The molecule has 0 aromatic rings. The smallest absolute Gasteiger partial charge is 0.0700 e. The molecule has 2 rings (SSSR count). The summed E-state index contributed by atoms with van der Waals surface area (Å²) in [7, 11) is 1.70. The molecule has 4 nitrogen and oxygen atoms in total. The molecule has 2 atom stereocenters. The van der Waals surface area contributed by atoms with Gasteiger partial charge in [0.2, 0.25) is 0 Å². The zero-order chi connectivity index (χ0) is 13.6. The van der Waals surface area contributed by atoms with Crippen LogP contribution in [0.4, 0.5) is 0 Å². The summed E-state index contributed by atoms with van der Waals surface area (Å²) in [6.45, 7) is 6.23. The Balaban J connectivity index is 1.55. The molecule has 0 radical (unpaired) electrons. The number of rotatable bonds is 10. The van der Waals surface area contributed by atoms with Gasteiger partial charge in [0.15, 0.2) is 0 Å². The zero-order valence-corrected chi connectivity index (χ0v) is 12.5. The Kier molecular flexibility index (Phi) is 6.07. The summed E-state index contributed by atoms with van der Waals surface area (Å²) in [6.07, 6.45) is 6.86. The van der Waals surface area contributed by atoms with Crippen molar-refractivity contribution in [2.24, 2.45) is 5.41 Å². The number of nitrogens with one attached hydrogen (secondary N) is 1. The predicted octanol–water partition coefficient (Wildman–Crippen LogP) is 1.98. The van der Waals surface area contributed by atoms with Crippen molar-refractivity contribution in [3.8, 4) is 0 Å². The van der Waals surface area contributed by atoms with Crippen molar-refractivity contribution in [2.75, 3.05) is 40.1 Å². The minimum Gasteiger partial charge on any atom is -0.382 e. The van der Waals surface area contributed by atoms with Gasteiger partial charge in [-0.3, -0.25) is 0 Å². The highest BCUT2D eigenvalue weighted by molar-refractivity contribution is 5.11. The van der Waals surface area contributed by atoms with E-state index in [2.05, 4.69) is 12.2 Å². The largest absolute Gasteiger partial charge is 0.382 e. The number of ether oxygens (including phenoxy) is 3. The van der Waals surface area contributed by atoms with Crippen LogP contribution in [0.1, 0.15) is 39.0 Å². The molecule has 0 amide bonds. The van der Waals surface area contributed by atoms with Crippen molar-refractivity contribution in [1.82, 2.24) is 5.32 Å². The third-order valence-corrected chi connectivity index (χ3v) is 4.73. The molecule has 0 aromatic heterocycles. The second kappa shape index (κ2) is 7.58. The monoisotopic (exact) mass is 271 g/mol. The molecule has 1 N–H and O–H groups in total. The first-order chi connectivity index (χ1) is 9.33. The van der Waals surface area contributed by atoms with Gasteiger partial charge in [0.1, 0.15) is 0 Å². The summed E-state index contributed by atoms with van der Waals surface area (Å²) in [5.41, 5.74) is 0.479. The van der Waals surface area contributed by atoms with Crippen LogP contribution in [0.3, 0.4) is 0 Å². The van der Waals surface area contributed by atoms with E-state index in [1.165, 1.54) is 25.7 Å². The van der Waals surface area contributed by atoms with E-state index in [0.717, 1.165) is 26.2 Å². The van der Waals surface area contributed by atoms with Gasteiger partial charge in [-0.25, -0.2) is 0 Å². The van der Waals surface area contributed by atoms with Crippen LogP contribution in [0.15, 0.2) is 0 Å². The topological polar surface area (TPSA) is 39.7 Å². The summed E-state index contributed by atoms with van der Waals surface area (Å²) in [4.78, 5) is 0. The van der Waals surface area contributed by atoms with E-state index in [-0.39, 0.29) is 0 Å². The summed E-state index contributed by atoms with van der Waals surface area (Å²) in [5.74, 6) is 0. The van der Waals surface area contributed by atoms with E-state index < -0.39 is 0 Å². The average Bonchev–Trinajstić information content (AvgIpc) is 2.33. The Hall–Kier alpha value is -0.160. The van der Waals surface area contributed by atoms with Crippen molar-refractivity contribution in [3.63, 3.8) is 0 Å². The van der Waals surface area contributed by atoms with Gasteiger partial charge >= 0.3 is 0 Å². The van der Waals surface area contributed by atoms with Crippen molar-refractivity contribution in [1.29, 1.82) is 0 Å². The highest BCUT2D eigenvalue weighted by Crippen LogP contribution is 2.57. The Morgan fingerprint density at radius 1 is 1.21 bits per heavy atom. The van der Waals surface area contributed by atoms with E-state index >= 15 is 0 Å². The van der Waals surface area contributed by atoms with Gasteiger partial charge in [-0.05, 0) is 39.2 Å². The maximum absolute atomic E-state index is 5.86. The van der Waals surface area contributed by atoms with Crippen molar-refractivity contribution >= 4 is 0 Å². The maximum Gasteiger partial charge on any atom is 0.0700 e. The van der Waals surface area contributed by atoms with Gasteiger partial charge in [-0.15, -0.1) is 0 Å². The number of hydrogen-bond acceptors (Lipinski definition) is 4. The minimum absolute atomic E-state index is 0.479. The van der Waals surface area contributed by atoms with Crippen molar-refractivity contribution in [3.05, 3.63) is 0 Å². The molecule has 112 valence electrons. The van der Waals surface area contributed by atoms with Gasteiger partial charge < -0.3 is 19.5 Å². The molecule has 0 saturated heterocycles. The fourth-order valence-electron chi connectivity index (χ4n) is 3.42. The van der Waals surface area contributed by atoms with Gasteiger partial charge in [0, 0.05) is 31.8 Å². The Morgan fingerprint density at radius 2 is 2.05 bits per heavy atom. The fourth-order valence-corrected chi connectivity index (χ4v) is 3.42. The van der Waals surface area contributed by atoms with E-state index in [4.69, 9.17) is 14.2 Å². The lowest BCUT2D eigenvalue weighted by atomic mass is 9.51. The predicted molar refractivity (Wildman–Crippen MR) is 75.4 cm³/mol. The van der Waals surface area contributed by atoms with Gasteiger partial charge in [0.05, 0.1) is 19.3 Å². The lowest BCUT2D eigenvalue weighted by Crippen LogP contribution is -2.67. The third kappa shape index (κ3) is 3.48. The van der Waals surface area contributed by atoms with Gasteiger partial charge in [-0.1, -0.05) is 6.42 Å². The van der Waals surface area contributed by atoms with Crippen LogP contribution in [0, 0.1) is 5.41 Å². The normalized spacial score (nSPS) is 28.1. The molecule has 0 heterocycles. The fraction of sp³-hybridized carbons (Fsp3) is 1.00. The molecule has 2 unspecified atom stereocenters. The van der Waals surface area contributed by atoms with Crippen molar-refractivity contribution in [2.45, 2.75) is 51.2 Å². The van der Waals surface area contributed by atoms with E-state index in [9.17, 15) is 0 Å². The van der Waals surface area contributed by atoms with Crippen LogP contribution in [0.2, 0.25) is 0 Å². The van der Waals surface area contributed by atoms with Crippen LogP contribution in [0.25, 0.3) is 0 Å². The Labute approximate surface area is 117 Å². The number of methoxy groups -OCH3 is 1. The highest BCUT2D eigenvalue weighted by Gasteiger charge is 2.58. The van der Waals surface area contributed by atoms with E-state index in [0.29, 0.717) is 30.8 Å². The molecule has 2 aliphatic rings. The Morgan fingerprint density at radius 3 is 2.68 bits per heavy atom. The van der Waals surface area contributed by atoms with E-state index in [1.807, 2.05) is 0 Å². The molecule has 0 bridgehead atoms. The first-order valence-electron chi connectivity index (χ1n) is 7.75. The second-order valence-corrected chi connectivity index (χ2v) is 5.73. The van der Waals surface area contributed by atoms with Crippen LogP contribution in [-0.2, 0) is 14.2 Å². The van der Waals surface area contributed by atoms with Gasteiger partial charge in [-0.2, -0.15) is 0 Å². The molecular weight excluding hydrogens is 242 g/mol. The molecule has 2 aliphatic carbocycles. The SMILES string of the molecule is CCOC1CC(NCCCOCCOC)C12CCC2. The van der Waals surface area contributed by atoms with Crippen LogP contribution in [0.5, 0.6) is 0 Å². The molecule has 19 heavy (non-hydrogen) atoms. The van der Waals surface area contributed by atoms with Crippen LogP contribution >= 0.6 is 0 Å². The van der Waals surface area contributed by atoms with Gasteiger partial charge in [0.25, 0.3) is 0 Å². The lowest BCUT2D eigenvalue weighted by Gasteiger charge is -2.61. The maximum atomic E-state index is 5.86. The summed E-state index contributed by atoms with van der Waals surface area (Å²) >= 11 is 0. The molecular formula is C15H29NO3. The quantitative estimate of drug-likeness (QED) is 0.617. The molecule has 1 spiro atoms. The number of hydrogen-bond donors (Lipinski definition) is 1. The minimum atomic E-state index is 0.479. The summed E-state index contributed by atoms with van der Waals surface area (Å²) in [6, 6.07) is 0.678. The molecule has 2 fully saturated rings. The lowest BCUT2D eigenvalue weighted by molar-refractivity contribution is -0.172. The van der Waals surface area contributed by atoms with Crippen LogP contribution < -0.4 is 5.32 Å². The molecule has 0 aromatic carbocycles. The first kappa shape index (κ1) is 15.2. The standard InChI is InChI=1S/C15H29NO3/c1-3-19-14-12-13(15(14)6-4-7-15)16-8-5-9-18-11-10-17-2/h13-14,16H,3-12H2,1-2H3.